The lowest BCUT2D eigenvalue weighted by Gasteiger charge is -2.26. The summed E-state index contributed by atoms with van der Waals surface area (Å²) in [6.45, 7) is 2.66. The maximum absolute atomic E-state index is 4.80. The molecule has 24 heavy (non-hydrogen) atoms. The number of fused-ring (bicyclic) bond motifs is 1. The zero-order chi connectivity index (χ0) is 16.4. The molecule has 0 bridgehead atoms. The quantitative estimate of drug-likeness (QED) is 0.713. The lowest BCUT2D eigenvalue weighted by Crippen LogP contribution is -2.29. The van der Waals surface area contributed by atoms with E-state index in [1.165, 1.54) is 25.7 Å². The van der Waals surface area contributed by atoms with Crippen molar-refractivity contribution in [3.05, 3.63) is 16.6 Å². The van der Waals surface area contributed by atoms with E-state index in [0.717, 1.165) is 29.7 Å². The first kappa shape index (κ1) is 15.3. The molecule has 0 atom stereocenters. The highest BCUT2D eigenvalue weighted by atomic mass is 32.1. The predicted octanol–water partition coefficient (Wildman–Crippen LogP) is 2.49. The van der Waals surface area contributed by atoms with Crippen molar-refractivity contribution in [1.82, 2.24) is 25.3 Å². The van der Waals surface area contributed by atoms with Crippen LogP contribution < -0.4 is 9.80 Å². The van der Waals surface area contributed by atoms with Crippen LogP contribution in [0.1, 0.15) is 30.7 Å². The predicted molar refractivity (Wildman–Crippen MR) is 92.3 cm³/mol. The summed E-state index contributed by atoms with van der Waals surface area (Å²) in [5.41, 5.74) is 0.898. The van der Waals surface area contributed by atoms with Gasteiger partial charge in [0.1, 0.15) is 5.01 Å². The van der Waals surface area contributed by atoms with Crippen molar-refractivity contribution in [2.24, 2.45) is 0 Å². The minimum absolute atomic E-state index is 0.439. The van der Waals surface area contributed by atoms with Crippen LogP contribution in [0.3, 0.4) is 0 Å². The topological polar surface area (TPSA) is 84.1 Å². The number of hydrogen-bond donors (Lipinski definition) is 0. The van der Waals surface area contributed by atoms with E-state index in [-0.39, 0.29) is 0 Å². The van der Waals surface area contributed by atoms with Gasteiger partial charge in [0.25, 0.3) is 0 Å². The summed E-state index contributed by atoms with van der Waals surface area (Å²) >= 11 is 1.63. The van der Waals surface area contributed by atoms with Gasteiger partial charge in [0, 0.05) is 31.7 Å². The van der Waals surface area contributed by atoms with Crippen molar-refractivity contribution in [2.45, 2.75) is 32.2 Å². The van der Waals surface area contributed by atoms with Crippen molar-refractivity contribution in [2.75, 3.05) is 29.9 Å². The molecular weight excluding hydrogens is 326 g/mol. The largest absolute Gasteiger partial charge is 0.353 e. The highest BCUT2D eigenvalue weighted by Gasteiger charge is 2.22. The summed E-state index contributed by atoms with van der Waals surface area (Å²) in [5, 5.41) is 10.7. The van der Waals surface area contributed by atoms with E-state index >= 15 is 0 Å². The van der Waals surface area contributed by atoms with E-state index in [1.54, 1.807) is 11.3 Å². The molecule has 1 saturated heterocycles. The maximum Gasteiger partial charge on any atom is 0.245 e. The minimum Gasteiger partial charge on any atom is -0.353 e. The normalized spacial score (nSPS) is 15.6. The number of hydrogen-bond acceptors (Lipinski definition) is 9. The standard InChI is InChI=1S/C15H19N7OS/c1-21(10-11-16-6-9-24-11)14-15(22-7-4-2-3-5-8-22)18-13-12(17-14)19-23-20-13/h6,9H,2-5,7-8,10H2,1H3. The van der Waals surface area contributed by atoms with Crippen LogP contribution in [-0.2, 0) is 6.54 Å². The van der Waals surface area contributed by atoms with E-state index in [0.29, 0.717) is 17.8 Å². The van der Waals surface area contributed by atoms with Crippen molar-refractivity contribution in [3.8, 4) is 0 Å². The van der Waals surface area contributed by atoms with Crippen LogP contribution in [0, 0.1) is 0 Å². The highest BCUT2D eigenvalue weighted by molar-refractivity contribution is 7.09. The first-order chi connectivity index (χ1) is 11.8. The van der Waals surface area contributed by atoms with Gasteiger partial charge >= 0.3 is 0 Å². The smallest absolute Gasteiger partial charge is 0.245 e. The molecule has 0 amide bonds. The van der Waals surface area contributed by atoms with Gasteiger partial charge < -0.3 is 9.80 Å². The molecule has 4 heterocycles. The Labute approximate surface area is 143 Å². The Hall–Kier alpha value is -2.29. The Morgan fingerprint density at radius 3 is 2.58 bits per heavy atom. The lowest BCUT2D eigenvalue weighted by atomic mass is 10.2. The van der Waals surface area contributed by atoms with Crippen LogP contribution in [0.15, 0.2) is 16.2 Å². The monoisotopic (exact) mass is 345 g/mol. The maximum atomic E-state index is 4.80. The van der Waals surface area contributed by atoms with Gasteiger partial charge in [0.05, 0.1) is 6.54 Å². The van der Waals surface area contributed by atoms with Crippen LogP contribution in [0.2, 0.25) is 0 Å². The van der Waals surface area contributed by atoms with Gasteiger partial charge in [-0.25, -0.2) is 19.6 Å². The Bertz CT molecular complexity index is 795. The summed E-state index contributed by atoms with van der Waals surface area (Å²) in [6.07, 6.45) is 6.70. The third-order valence-electron chi connectivity index (χ3n) is 4.20. The number of thiazole rings is 1. The Balaban J connectivity index is 1.72. The summed E-state index contributed by atoms with van der Waals surface area (Å²) in [4.78, 5) is 18.1. The van der Waals surface area contributed by atoms with E-state index in [9.17, 15) is 0 Å². The summed E-state index contributed by atoms with van der Waals surface area (Å²) in [6, 6.07) is 0. The van der Waals surface area contributed by atoms with Crippen LogP contribution in [0.25, 0.3) is 11.3 Å². The molecule has 0 spiro atoms. The molecule has 3 aromatic heterocycles. The van der Waals surface area contributed by atoms with Crippen LogP contribution in [0.5, 0.6) is 0 Å². The van der Waals surface area contributed by atoms with Gasteiger partial charge in [-0.1, -0.05) is 12.8 Å². The number of aromatic nitrogens is 5. The number of rotatable bonds is 4. The third kappa shape index (κ3) is 3.03. The molecule has 0 unspecified atom stereocenters. The van der Waals surface area contributed by atoms with Gasteiger partial charge in [0.15, 0.2) is 11.6 Å². The van der Waals surface area contributed by atoms with E-state index < -0.39 is 0 Å². The second kappa shape index (κ2) is 6.68. The molecule has 0 aliphatic carbocycles. The lowest BCUT2D eigenvalue weighted by molar-refractivity contribution is 0.314. The molecule has 4 rings (SSSR count). The fourth-order valence-electron chi connectivity index (χ4n) is 2.98. The summed E-state index contributed by atoms with van der Waals surface area (Å²) in [5.74, 6) is 1.66. The first-order valence-corrected chi connectivity index (χ1v) is 9.04. The summed E-state index contributed by atoms with van der Waals surface area (Å²) < 4.78 is 4.80. The van der Waals surface area contributed by atoms with Crippen molar-refractivity contribution in [1.29, 1.82) is 0 Å². The molecule has 0 N–H and O–H groups in total. The van der Waals surface area contributed by atoms with Gasteiger partial charge in [-0.2, -0.15) is 0 Å². The number of nitrogens with zero attached hydrogens (tertiary/aromatic N) is 7. The van der Waals surface area contributed by atoms with E-state index in [1.807, 2.05) is 18.6 Å². The van der Waals surface area contributed by atoms with E-state index in [4.69, 9.17) is 4.63 Å². The zero-order valence-electron chi connectivity index (χ0n) is 13.6. The van der Waals surface area contributed by atoms with Crippen LogP contribution in [-0.4, -0.2) is 45.4 Å². The van der Waals surface area contributed by atoms with Gasteiger partial charge in [-0.3, -0.25) is 0 Å². The SMILES string of the molecule is CN(Cc1nccs1)c1nc2nonc2nc1N1CCCCCC1. The third-order valence-corrected chi connectivity index (χ3v) is 4.97. The van der Waals surface area contributed by atoms with Crippen LogP contribution in [0.4, 0.5) is 11.6 Å². The second-order valence-corrected chi connectivity index (χ2v) is 6.94. The van der Waals surface area contributed by atoms with Crippen molar-refractivity contribution in [3.63, 3.8) is 0 Å². The molecule has 1 aliphatic rings. The molecule has 1 aliphatic heterocycles. The fourth-order valence-corrected chi connectivity index (χ4v) is 3.65. The van der Waals surface area contributed by atoms with Gasteiger partial charge in [-0.05, 0) is 23.2 Å². The highest BCUT2D eigenvalue weighted by Crippen LogP contribution is 2.29. The molecule has 8 nitrogen and oxygen atoms in total. The average molecular weight is 345 g/mol. The molecule has 3 aromatic rings. The first-order valence-electron chi connectivity index (χ1n) is 8.16. The molecule has 0 radical (unpaired) electrons. The molecule has 126 valence electrons. The van der Waals surface area contributed by atoms with Gasteiger partial charge in [0.2, 0.25) is 11.3 Å². The molecule has 9 heteroatoms. The van der Waals surface area contributed by atoms with Crippen LogP contribution >= 0.6 is 11.3 Å². The molecule has 0 saturated carbocycles. The fraction of sp³-hybridized carbons (Fsp3) is 0.533. The number of anilines is 2. The molecule has 0 aromatic carbocycles. The van der Waals surface area contributed by atoms with Gasteiger partial charge in [-0.15, -0.1) is 11.3 Å². The Morgan fingerprint density at radius 2 is 1.88 bits per heavy atom. The zero-order valence-corrected chi connectivity index (χ0v) is 14.4. The average Bonchev–Trinajstić information content (AvgIpc) is 3.19. The Kier molecular flexibility index (Phi) is 4.24. The second-order valence-electron chi connectivity index (χ2n) is 5.97. The summed E-state index contributed by atoms with van der Waals surface area (Å²) in [7, 11) is 2.01. The van der Waals surface area contributed by atoms with Crippen molar-refractivity contribution < 1.29 is 4.63 Å². The van der Waals surface area contributed by atoms with Crippen molar-refractivity contribution >= 4 is 34.3 Å². The molecule has 1 fully saturated rings. The molecular formula is C15H19N7OS. The Morgan fingerprint density at radius 1 is 1.12 bits per heavy atom. The minimum atomic E-state index is 0.439. The van der Waals surface area contributed by atoms with E-state index in [2.05, 4.69) is 35.1 Å².